The van der Waals surface area contributed by atoms with E-state index >= 15 is 8.78 Å². The largest absolute Gasteiger partial charge is 0.361 e. The third kappa shape index (κ3) is 5.66. The van der Waals surface area contributed by atoms with Gasteiger partial charge in [-0.3, -0.25) is 9.80 Å². The number of hydrogen-bond acceptors (Lipinski definition) is 5. The smallest absolute Gasteiger partial charge is 0.318 e. The van der Waals surface area contributed by atoms with Crippen molar-refractivity contribution in [3.8, 4) is 0 Å². The molecule has 0 spiro atoms. The van der Waals surface area contributed by atoms with Crippen molar-refractivity contribution >= 4 is 6.03 Å². The first-order chi connectivity index (χ1) is 19.1. The third-order valence-electron chi connectivity index (χ3n) is 11.0. The number of piperazine rings is 1. The Labute approximate surface area is 238 Å². The average Bonchev–Trinajstić information content (AvgIpc) is 3.40. The number of nitrogens with zero attached hydrogens (tertiary/aromatic N) is 4. The van der Waals surface area contributed by atoms with Crippen molar-refractivity contribution < 1.29 is 18.1 Å². The first-order valence-corrected chi connectivity index (χ1v) is 16.0. The molecule has 0 aromatic carbocycles. The second-order valence-electron chi connectivity index (χ2n) is 14.0. The first kappa shape index (κ1) is 28.4. The number of aromatic nitrogens is 1. The van der Waals surface area contributed by atoms with Gasteiger partial charge >= 0.3 is 6.03 Å². The van der Waals surface area contributed by atoms with Crippen molar-refractivity contribution in [1.82, 2.24) is 25.2 Å². The van der Waals surface area contributed by atoms with Crippen molar-refractivity contribution in [2.45, 2.75) is 133 Å². The standard InChI is InChI=1S/C31H49F2N5O2/c1-21(2)36-15-17-37(18-16-36)24-9-6-12-31(32,33)28(24)34-29(39)38-14-13-30(3,20-25(38)22-7-4-5-8-22)27-19-26(40-35-27)23-10-11-23/h19,21-25,28H,4-18,20H2,1-3H3,(H,34,39)/t24-,25?,28+,30?/m1/s1. The highest BCUT2D eigenvalue weighted by Gasteiger charge is 2.52. The van der Waals surface area contributed by atoms with Gasteiger partial charge in [0.15, 0.2) is 0 Å². The van der Waals surface area contributed by atoms with E-state index in [2.05, 4.69) is 47.1 Å². The predicted molar refractivity (Wildman–Crippen MR) is 151 cm³/mol. The summed E-state index contributed by atoms with van der Waals surface area (Å²) in [4.78, 5) is 20.5. The number of amides is 2. The van der Waals surface area contributed by atoms with Crippen LogP contribution in [0.2, 0.25) is 0 Å². The zero-order chi connectivity index (χ0) is 28.1. The van der Waals surface area contributed by atoms with Crippen molar-refractivity contribution in [1.29, 1.82) is 0 Å². The lowest BCUT2D eigenvalue weighted by Crippen LogP contribution is -2.67. The zero-order valence-electron chi connectivity index (χ0n) is 24.7. The fourth-order valence-corrected chi connectivity index (χ4v) is 8.14. The van der Waals surface area contributed by atoms with Crippen LogP contribution in [0, 0.1) is 5.92 Å². The minimum Gasteiger partial charge on any atom is -0.361 e. The van der Waals surface area contributed by atoms with E-state index in [1.165, 1.54) is 25.7 Å². The molecule has 0 radical (unpaired) electrons. The molecular weight excluding hydrogens is 512 g/mol. The molecule has 2 aliphatic heterocycles. The van der Waals surface area contributed by atoms with Crippen molar-refractivity contribution in [3.63, 3.8) is 0 Å². The molecule has 2 amide bonds. The van der Waals surface area contributed by atoms with Crippen LogP contribution in [0.15, 0.2) is 10.6 Å². The van der Waals surface area contributed by atoms with E-state index in [-0.39, 0.29) is 30.0 Å². The maximum absolute atomic E-state index is 15.5. The van der Waals surface area contributed by atoms with Gasteiger partial charge in [0.25, 0.3) is 5.92 Å². The molecule has 3 heterocycles. The van der Waals surface area contributed by atoms with Gasteiger partial charge in [-0.1, -0.05) is 24.9 Å². The number of alkyl halides is 2. The summed E-state index contributed by atoms with van der Waals surface area (Å²) in [5, 5.41) is 7.45. The molecule has 5 aliphatic rings. The van der Waals surface area contributed by atoms with Crippen LogP contribution in [0.25, 0.3) is 0 Å². The minimum atomic E-state index is -2.90. The van der Waals surface area contributed by atoms with E-state index < -0.39 is 12.0 Å². The average molecular weight is 562 g/mol. The van der Waals surface area contributed by atoms with Crippen molar-refractivity contribution in [3.05, 3.63) is 17.5 Å². The Kier molecular flexibility index (Phi) is 7.92. The molecule has 6 rings (SSSR count). The molecule has 3 aliphatic carbocycles. The van der Waals surface area contributed by atoms with Crippen LogP contribution < -0.4 is 5.32 Å². The van der Waals surface area contributed by atoms with Gasteiger partial charge in [0.1, 0.15) is 11.8 Å². The van der Waals surface area contributed by atoms with Crippen LogP contribution in [-0.4, -0.2) is 88.7 Å². The maximum atomic E-state index is 15.5. The summed E-state index contributed by atoms with van der Waals surface area (Å²) >= 11 is 0. The SMILES string of the molecule is CC(C)N1CCN([C@@H]2CCCC(F)(F)[C@H]2NC(=O)N2CCC(C)(c3cc(C4CC4)on3)CC2C2CCCC2)CC1. The molecule has 1 aromatic heterocycles. The zero-order valence-corrected chi connectivity index (χ0v) is 24.7. The van der Waals surface area contributed by atoms with Gasteiger partial charge in [-0.25, -0.2) is 13.6 Å². The highest BCUT2D eigenvalue weighted by atomic mass is 19.3. The number of rotatable bonds is 6. The lowest BCUT2D eigenvalue weighted by atomic mass is 9.71. The summed E-state index contributed by atoms with van der Waals surface area (Å²) in [6.45, 7) is 10.5. The van der Waals surface area contributed by atoms with Crippen LogP contribution >= 0.6 is 0 Å². The minimum absolute atomic E-state index is 0.0348. The Hall–Kier alpha value is -1.74. The number of carbonyl (C=O) groups is 1. The predicted octanol–water partition coefficient (Wildman–Crippen LogP) is 5.76. The molecule has 5 fully saturated rings. The Morgan fingerprint density at radius 2 is 1.73 bits per heavy atom. The van der Waals surface area contributed by atoms with Gasteiger partial charge in [-0.2, -0.15) is 0 Å². The van der Waals surface area contributed by atoms with Gasteiger partial charge < -0.3 is 14.7 Å². The summed E-state index contributed by atoms with van der Waals surface area (Å²) < 4.78 is 36.8. The Morgan fingerprint density at radius 1 is 1.00 bits per heavy atom. The van der Waals surface area contributed by atoms with Gasteiger partial charge in [-0.15, -0.1) is 0 Å². The monoisotopic (exact) mass is 561 g/mol. The quantitative estimate of drug-likeness (QED) is 0.479. The van der Waals surface area contributed by atoms with Crippen LogP contribution in [0.5, 0.6) is 0 Å². The van der Waals surface area contributed by atoms with Crippen LogP contribution in [0.3, 0.4) is 0 Å². The molecule has 7 nitrogen and oxygen atoms in total. The molecular formula is C31H49F2N5O2. The van der Waals surface area contributed by atoms with Crippen molar-refractivity contribution in [2.75, 3.05) is 32.7 Å². The molecule has 1 aromatic rings. The normalized spacial score (nSPS) is 34.5. The molecule has 224 valence electrons. The third-order valence-corrected chi connectivity index (χ3v) is 11.0. The van der Waals surface area contributed by atoms with E-state index in [0.29, 0.717) is 37.3 Å². The lowest BCUT2D eigenvalue weighted by Gasteiger charge is -2.49. The lowest BCUT2D eigenvalue weighted by molar-refractivity contribution is -0.0979. The summed E-state index contributed by atoms with van der Waals surface area (Å²) in [5.41, 5.74) is 0.825. The van der Waals surface area contributed by atoms with Crippen LogP contribution in [0.1, 0.15) is 109 Å². The fourth-order valence-electron chi connectivity index (χ4n) is 8.14. The van der Waals surface area contributed by atoms with Crippen molar-refractivity contribution in [2.24, 2.45) is 5.92 Å². The molecule has 2 unspecified atom stereocenters. The molecule has 40 heavy (non-hydrogen) atoms. The van der Waals surface area contributed by atoms with Crippen LogP contribution in [-0.2, 0) is 5.41 Å². The number of likely N-dealkylation sites (tertiary alicyclic amines) is 1. The number of nitrogens with one attached hydrogen (secondary N) is 1. The van der Waals surface area contributed by atoms with E-state index in [9.17, 15) is 4.79 Å². The first-order valence-electron chi connectivity index (χ1n) is 16.0. The molecule has 0 bridgehead atoms. The van der Waals surface area contributed by atoms with Gasteiger partial charge in [0, 0.05) is 74.7 Å². The topological polar surface area (TPSA) is 64.8 Å². The summed E-state index contributed by atoms with van der Waals surface area (Å²) in [5.74, 6) is -0.985. The van der Waals surface area contributed by atoms with E-state index in [1.54, 1.807) is 0 Å². The van der Waals surface area contributed by atoms with E-state index in [1.807, 2.05) is 4.90 Å². The van der Waals surface area contributed by atoms with E-state index in [0.717, 1.165) is 63.3 Å². The van der Waals surface area contributed by atoms with Gasteiger partial charge in [0.05, 0.1) is 5.69 Å². The van der Waals surface area contributed by atoms with Gasteiger partial charge in [-0.05, 0) is 71.1 Å². The summed E-state index contributed by atoms with van der Waals surface area (Å²) in [7, 11) is 0. The Bertz CT molecular complexity index is 1030. The number of hydrogen-bond donors (Lipinski definition) is 1. The fraction of sp³-hybridized carbons (Fsp3) is 0.871. The Morgan fingerprint density at radius 3 is 2.40 bits per heavy atom. The van der Waals surface area contributed by atoms with Gasteiger partial charge in [0.2, 0.25) is 0 Å². The molecule has 2 saturated heterocycles. The second-order valence-corrected chi connectivity index (χ2v) is 14.0. The Balaban J connectivity index is 1.18. The number of urea groups is 1. The highest BCUT2D eigenvalue weighted by molar-refractivity contribution is 5.75. The number of piperidine rings is 1. The van der Waals surface area contributed by atoms with E-state index in [4.69, 9.17) is 4.52 Å². The molecule has 9 heteroatoms. The molecule has 4 atom stereocenters. The highest BCUT2D eigenvalue weighted by Crippen LogP contribution is 2.46. The summed E-state index contributed by atoms with van der Waals surface area (Å²) in [6.07, 6.45) is 9.52. The summed E-state index contributed by atoms with van der Waals surface area (Å²) in [6, 6.07) is 0.875. The number of carbonyl (C=O) groups excluding carboxylic acids is 1. The maximum Gasteiger partial charge on any atom is 0.318 e. The molecule has 3 saturated carbocycles. The molecule has 1 N–H and O–H groups in total. The van der Waals surface area contributed by atoms with Crippen LogP contribution in [0.4, 0.5) is 13.6 Å². The second kappa shape index (κ2) is 11.2. The number of halogens is 2.